The Morgan fingerprint density at radius 1 is 1.29 bits per heavy atom. The van der Waals surface area contributed by atoms with Crippen LogP contribution < -0.4 is 10.1 Å². The average Bonchev–Trinajstić information content (AvgIpc) is 2.48. The Morgan fingerprint density at radius 2 is 1.95 bits per heavy atom. The van der Waals surface area contributed by atoms with Crippen LogP contribution in [0.4, 0.5) is 0 Å². The maximum atomic E-state index is 5.55. The van der Waals surface area contributed by atoms with Crippen LogP contribution in [-0.2, 0) is 6.54 Å². The van der Waals surface area contributed by atoms with Crippen molar-refractivity contribution in [2.24, 2.45) is 5.41 Å². The molecule has 0 aromatic heterocycles. The van der Waals surface area contributed by atoms with E-state index in [-0.39, 0.29) is 0 Å². The molecule has 0 radical (unpaired) electrons. The highest BCUT2D eigenvalue weighted by Crippen LogP contribution is 2.32. The highest BCUT2D eigenvalue weighted by Gasteiger charge is 2.25. The lowest BCUT2D eigenvalue weighted by molar-refractivity contribution is 0.126. The van der Waals surface area contributed by atoms with Crippen LogP contribution >= 0.6 is 0 Å². The minimum atomic E-state index is 0.370. The van der Waals surface area contributed by atoms with Crippen LogP contribution in [0.1, 0.15) is 50.8 Å². The van der Waals surface area contributed by atoms with Crippen LogP contribution in [0.2, 0.25) is 0 Å². The van der Waals surface area contributed by atoms with Gasteiger partial charge in [-0.25, -0.2) is 0 Å². The van der Waals surface area contributed by atoms with Crippen molar-refractivity contribution in [1.82, 2.24) is 10.2 Å². The third-order valence-corrected chi connectivity index (χ3v) is 4.84. The fraction of sp³-hybridized carbons (Fsp3) is 0.667. The molecule has 21 heavy (non-hydrogen) atoms. The van der Waals surface area contributed by atoms with Gasteiger partial charge in [-0.05, 0) is 63.0 Å². The van der Waals surface area contributed by atoms with Crippen molar-refractivity contribution in [2.45, 2.75) is 46.2 Å². The first kappa shape index (κ1) is 16.3. The van der Waals surface area contributed by atoms with Gasteiger partial charge in [0.25, 0.3) is 0 Å². The van der Waals surface area contributed by atoms with Crippen molar-refractivity contribution < 1.29 is 4.74 Å². The van der Waals surface area contributed by atoms with E-state index in [1.807, 2.05) is 7.05 Å². The summed E-state index contributed by atoms with van der Waals surface area (Å²) in [6.45, 7) is 10.3. The Bertz CT molecular complexity index is 460. The van der Waals surface area contributed by atoms with Crippen LogP contribution in [0.25, 0.3) is 0 Å². The second-order valence-corrected chi connectivity index (χ2v) is 7.02. The summed E-state index contributed by atoms with van der Waals surface area (Å²) in [5.74, 6) is 1.01. The third kappa shape index (κ3) is 4.21. The predicted octanol–water partition coefficient (Wildman–Crippen LogP) is 3.60. The molecule has 1 atom stereocenters. The SMILES string of the molecule is CNC(C)c1ccc(OC)c(CN2CCC(C)(C)CC2)c1. The molecular weight excluding hydrogens is 260 g/mol. The zero-order valence-electron chi connectivity index (χ0n) is 14.2. The zero-order valence-corrected chi connectivity index (χ0v) is 14.2. The van der Waals surface area contributed by atoms with E-state index in [4.69, 9.17) is 4.74 Å². The molecule has 2 rings (SSSR count). The van der Waals surface area contributed by atoms with Crippen LogP contribution in [0.3, 0.4) is 0 Å². The monoisotopic (exact) mass is 290 g/mol. The highest BCUT2D eigenvalue weighted by atomic mass is 16.5. The molecule has 1 unspecified atom stereocenters. The molecule has 1 aromatic carbocycles. The smallest absolute Gasteiger partial charge is 0.123 e. The molecule has 3 nitrogen and oxygen atoms in total. The van der Waals surface area contributed by atoms with Crippen molar-refractivity contribution in [1.29, 1.82) is 0 Å². The molecule has 0 spiro atoms. The normalized spacial score (nSPS) is 20.2. The summed E-state index contributed by atoms with van der Waals surface area (Å²) in [6, 6.07) is 6.92. The van der Waals surface area contributed by atoms with Crippen LogP contribution in [0.15, 0.2) is 18.2 Å². The Morgan fingerprint density at radius 3 is 2.52 bits per heavy atom. The number of likely N-dealkylation sites (tertiary alicyclic amines) is 1. The number of benzene rings is 1. The summed E-state index contributed by atoms with van der Waals surface area (Å²) in [4.78, 5) is 2.55. The molecule has 0 amide bonds. The number of methoxy groups -OCH3 is 1. The van der Waals surface area contributed by atoms with Gasteiger partial charge < -0.3 is 10.1 Å². The number of hydrogen-bond acceptors (Lipinski definition) is 3. The molecule has 1 saturated heterocycles. The fourth-order valence-electron chi connectivity index (χ4n) is 2.92. The van der Waals surface area contributed by atoms with Gasteiger partial charge in [0.15, 0.2) is 0 Å². The molecule has 1 aliphatic rings. The number of nitrogens with one attached hydrogen (secondary N) is 1. The van der Waals surface area contributed by atoms with Crippen molar-refractivity contribution in [3.8, 4) is 5.75 Å². The summed E-state index contributed by atoms with van der Waals surface area (Å²) < 4.78 is 5.55. The van der Waals surface area contributed by atoms with Gasteiger partial charge in [0.2, 0.25) is 0 Å². The summed E-state index contributed by atoms with van der Waals surface area (Å²) in [5, 5.41) is 3.31. The summed E-state index contributed by atoms with van der Waals surface area (Å²) >= 11 is 0. The lowest BCUT2D eigenvalue weighted by Crippen LogP contribution is -2.36. The van der Waals surface area contributed by atoms with E-state index >= 15 is 0 Å². The largest absolute Gasteiger partial charge is 0.496 e. The number of nitrogens with zero attached hydrogens (tertiary/aromatic N) is 1. The fourth-order valence-corrected chi connectivity index (χ4v) is 2.92. The maximum Gasteiger partial charge on any atom is 0.123 e. The Labute approximate surface area is 129 Å². The van der Waals surface area contributed by atoms with Gasteiger partial charge >= 0.3 is 0 Å². The van der Waals surface area contributed by atoms with E-state index in [9.17, 15) is 0 Å². The van der Waals surface area contributed by atoms with Gasteiger partial charge in [-0.15, -0.1) is 0 Å². The lowest BCUT2D eigenvalue weighted by Gasteiger charge is -2.37. The average molecular weight is 290 g/mol. The third-order valence-electron chi connectivity index (χ3n) is 4.84. The van der Waals surface area contributed by atoms with Crippen LogP contribution in [0, 0.1) is 5.41 Å². The van der Waals surface area contributed by atoms with E-state index in [0.29, 0.717) is 11.5 Å². The highest BCUT2D eigenvalue weighted by molar-refractivity contribution is 5.38. The zero-order chi connectivity index (χ0) is 15.5. The first-order valence-corrected chi connectivity index (χ1v) is 8.01. The number of rotatable bonds is 5. The number of hydrogen-bond donors (Lipinski definition) is 1. The molecule has 0 bridgehead atoms. The Balaban J connectivity index is 2.11. The molecule has 3 heteroatoms. The number of piperidine rings is 1. The van der Waals surface area contributed by atoms with E-state index in [1.54, 1.807) is 7.11 Å². The first-order valence-electron chi connectivity index (χ1n) is 8.01. The molecule has 1 aliphatic heterocycles. The second kappa shape index (κ2) is 6.80. The Kier molecular flexibility index (Phi) is 5.28. The van der Waals surface area contributed by atoms with Gasteiger partial charge in [-0.1, -0.05) is 19.9 Å². The van der Waals surface area contributed by atoms with Gasteiger partial charge in [0, 0.05) is 18.2 Å². The van der Waals surface area contributed by atoms with Crippen molar-refractivity contribution in [3.05, 3.63) is 29.3 Å². The predicted molar refractivity (Wildman–Crippen MR) is 88.8 cm³/mol. The maximum absolute atomic E-state index is 5.55. The first-order chi connectivity index (χ1) is 9.95. The molecule has 1 aromatic rings. The minimum Gasteiger partial charge on any atom is -0.496 e. The van der Waals surface area contributed by atoms with Crippen LogP contribution in [0.5, 0.6) is 5.75 Å². The molecule has 0 aliphatic carbocycles. The second-order valence-electron chi connectivity index (χ2n) is 7.02. The minimum absolute atomic E-state index is 0.370. The molecular formula is C18H30N2O. The van der Waals surface area contributed by atoms with E-state index < -0.39 is 0 Å². The van der Waals surface area contributed by atoms with E-state index in [2.05, 4.69) is 49.2 Å². The molecule has 1 N–H and O–H groups in total. The Hall–Kier alpha value is -1.06. The van der Waals surface area contributed by atoms with Crippen molar-refractivity contribution in [2.75, 3.05) is 27.2 Å². The summed E-state index contributed by atoms with van der Waals surface area (Å²) in [6.07, 6.45) is 2.56. The van der Waals surface area contributed by atoms with Crippen molar-refractivity contribution >= 4 is 0 Å². The van der Waals surface area contributed by atoms with Gasteiger partial charge in [0.1, 0.15) is 5.75 Å². The van der Waals surface area contributed by atoms with E-state index in [0.717, 1.165) is 12.3 Å². The molecule has 1 heterocycles. The standard InChI is InChI=1S/C18H30N2O/c1-14(19-4)15-6-7-17(21-5)16(12-15)13-20-10-8-18(2,3)9-11-20/h6-7,12,14,19H,8-11,13H2,1-5H3. The summed E-state index contributed by atoms with van der Waals surface area (Å²) in [5.41, 5.74) is 3.13. The van der Waals surface area contributed by atoms with E-state index in [1.165, 1.54) is 37.1 Å². The quantitative estimate of drug-likeness (QED) is 0.897. The molecule has 118 valence electrons. The topological polar surface area (TPSA) is 24.5 Å². The van der Waals surface area contributed by atoms with Crippen molar-refractivity contribution in [3.63, 3.8) is 0 Å². The number of ether oxygens (including phenoxy) is 1. The lowest BCUT2D eigenvalue weighted by atomic mass is 9.82. The van der Waals surface area contributed by atoms with Gasteiger partial charge in [-0.3, -0.25) is 4.90 Å². The molecule has 1 fully saturated rings. The van der Waals surface area contributed by atoms with Gasteiger partial charge in [-0.2, -0.15) is 0 Å². The summed E-state index contributed by atoms with van der Waals surface area (Å²) in [7, 11) is 3.76. The molecule has 0 saturated carbocycles. The van der Waals surface area contributed by atoms with Crippen LogP contribution in [-0.4, -0.2) is 32.1 Å². The van der Waals surface area contributed by atoms with Gasteiger partial charge in [0.05, 0.1) is 7.11 Å².